The number of ether oxygens (including phenoxy) is 1. The normalized spacial score (nSPS) is 6.11. The molecule has 0 heterocycles. The summed E-state index contributed by atoms with van der Waals surface area (Å²) in [6.45, 7) is 7.79. The molecule has 0 bridgehead atoms. The van der Waals surface area contributed by atoms with Crippen molar-refractivity contribution in [2.24, 2.45) is 0 Å². The zero-order chi connectivity index (χ0) is 7.70. The second kappa shape index (κ2) is 10.3. The molecule has 52 valence electrons. The Balaban J connectivity index is 0. The molecule has 0 aliphatic heterocycles. The summed E-state index contributed by atoms with van der Waals surface area (Å²) >= 11 is 0. The van der Waals surface area contributed by atoms with E-state index in [-0.39, 0.29) is 0 Å². The molecule has 0 aromatic carbocycles. The second-order valence-electron chi connectivity index (χ2n) is 1.10. The molecule has 9 heavy (non-hydrogen) atoms. The molecule has 0 fully saturated rings. The number of hydrogen-bond acceptors (Lipinski definition) is 3. The van der Waals surface area contributed by atoms with Crippen LogP contribution in [0.4, 0.5) is 0 Å². The summed E-state index contributed by atoms with van der Waals surface area (Å²) in [5.74, 6) is 0. The average Bonchev–Trinajstić information content (AvgIpc) is 1.66. The van der Waals surface area contributed by atoms with Crippen molar-refractivity contribution in [2.75, 3.05) is 0 Å². The van der Waals surface area contributed by atoms with Crippen LogP contribution in [0.3, 0.4) is 0 Å². The van der Waals surface area contributed by atoms with Gasteiger partial charge in [-0.3, -0.25) is 0 Å². The molecular weight excluding hydrogens is 119 g/mol. The van der Waals surface area contributed by atoms with Crippen LogP contribution in [0.25, 0.3) is 0 Å². The zero-order valence-electron chi connectivity index (χ0n) is 5.45. The van der Waals surface area contributed by atoms with Gasteiger partial charge in [-0.1, -0.05) is 13.2 Å². The molecule has 0 unspecified atom stereocenters. The number of hydrogen-bond donors (Lipinski definition) is 2. The predicted molar refractivity (Wildman–Crippen MR) is 37.5 cm³/mol. The van der Waals surface area contributed by atoms with Crippen molar-refractivity contribution in [3.05, 3.63) is 25.7 Å². The van der Waals surface area contributed by atoms with E-state index in [0.717, 1.165) is 0 Å². The largest absolute Gasteiger partial charge is 0.474 e. The fourth-order valence-corrected chi connectivity index (χ4v) is 0.0680. The van der Waals surface area contributed by atoms with E-state index in [9.17, 15) is 0 Å². The van der Waals surface area contributed by atoms with E-state index in [4.69, 9.17) is 10.0 Å². The van der Waals surface area contributed by atoms with Gasteiger partial charge < -0.3 is 14.8 Å². The molecule has 0 radical (unpaired) electrons. The van der Waals surface area contributed by atoms with Crippen LogP contribution >= 0.6 is 0 Å². The number of rotatable bonds is 2. The highest BCUT2D eigenvalue weighted by atomic mass is 16.5. The fourth-order valence-electron chi connectivity index (χ4n) is 0.0680. The quantitative estimate of drug-likeness (QED) is 0.419. The third-order valence-electron chi connectivity index (χ3n) is 0.192. The highest BCUT2D eigenvalue weighted by Crippen LogP contribution is 1.65. The molecule has 0 amide bonds. The van der Waals surface area contributed by atoms with Crippen LogP contribution in [0.2, 0.25) is 6.82 Å². The molecule has 0 saturated heterocycles. The molecule has 2 N–H and O–H groups in total. The first-order chi connectivity index (χ1) is 4.15. The van der Waals surface area contributed by atoms with Gasteiger partial charge in [-0.25, -0.2) is 0 Å². The molecular formula is C5H11BO3. The van der Waals surface area contributed by atoms with E-state index in [1.807, 2.05) is 0 Å². The van der Waals surface area contributed by atoms with Gasteiger partial charge in [0.25, 0.3) is 0 Å². The van der Waals surface area contributed by atoms with Gasteiger partial charge in [0, 0.05) is 0 Å². The van der Waals surface area contributed by atoms with Crippen LogP contribution in [0, 0.1) is 0 Å². The van der Waals surface area contributed by atoms with Gasteiger partial charge in [-0.15, -0.1) is 0 Å². The topological polar surface area (TPSA) is 49.7 Å². The van der Waals surface area contributed by atoms with Crippen LogP contribution in [0.15, 0.2) is 25.7 Å². The monoisotopic (exact) mass is 130 g/mol. The predicted octanol–water partition coefficient (Wildman–Crippen LogP) is 0.379. The van der Waals surface area contributed by atoms with Crippen molar-refractivity contribution in [2.45, 2.75) is 6.82 Å². The maximum Gasteiger partial charge on any atom is 0.448 e. The van der Waals surface area contributed by atoms with Crippen LogP contribution < -0.4 is 0 Å². The zero-order valence-corrected chi connectivity index (χ0v) is 5.45. The standard InChI is InChI=1S/C4H6O.CH5BO2/c1-3-5-4-2;1-2(3)4/h3-4H,1-2H2;3-4H,1H3. The molecule has 0 rings (SSSR count). The molecule has 0 atom stereocenters. The first-order valence-electron chi connectivity index (χ1n) is 2.38. The average molecular weight is 130 g/mol. The lowest BCUT2D eigenvalue weighted by atomic mass is 9.99. The van der Waals surface area contributed by atoms with E-state index in [0.29, 0.717) is 0 Å². The summed E-state index contributed by atoms with van der Waals surface area (Å²) in [5.41, 5.74) is 0. The first kappa shape index (κ1) is 11.1. The Morgan fingerprint density at radius 2 is 1.56 bits per heavy atom. The van der Waals surface area contributed by atoms with Crippen molar-refractivity contribution >= 4 is 7.12 Å². The smallest absolute Gasteiger partial charge is 0.448 e. The third kappa shape index (κ3) is 126. The van der Waals surface area contributed by atoms with E-state index in [1.165, 1.54) is 19.3 Å². The van der Waals surface area contributed by atoms with E-state index in [1.54, 1.807) is 0 Å². The highest BCUT2D eigenvalue weighted by Gasteiger charge is 1.86. The minimum atomic E-state index is -1.17. The van der Waals surface area contributed by atoms with Crippen molar-refractivity contribution in [3.63, 3.8) is 0 Å². The fraction of sp³-hybridized carbons (Fsp3) is 0.200. The summed E-state index contributed by atoms with van der Waals surface area (Å²) in [5, 5.41) is 15.2. The van der Waals surface area contributed by atoms with Gasteiger partial charge in [-0.05, 0) is 6.82 Å². The Labute approximate surface area is 55.4 Å². The third-order valence-corrected chi connectivity index (χ3v) is 0.192. The van der Waals surface area contributed by atoms with E-state index >= 15 is 0 Å². The lowest BCUT2D eigenvalue weighted by Gasteiger charge is -1.76. The van der Waals surface area contributed by atoms with Crippen molar-refractivity contribution in [1.29, 1.82) is 0 Å². The molecule has 0 saturated carbocycles. The summed E-state index contributed by atoms with van der Waals surface area (Å²) in [6, 6.07) is 0. The van der Waals surface area contributed by atoms with Gasteiger partial charge in [0.2, 0.25) is 0 Å². The lowest BCUT2D eigenvalue weighted by Crippen LogP contribution is -2.00. The molecule has 0 aromatic heterocycles. The Morgan fingerprint density at radius 3 is 1.56 bits per heavy atom. The van der Waals surface area contributed by atoms with Gasteiger partial charge in [0.05, 0.1) is 12.5 Å². The first-order valence-corrected chi connectivity index (χ1v) is 2.38. The Hall–Kier alpha value is -0.735. The van der Waals surface area contributed by atoms with Gasteiger partial charge in [-0.2, -0.15) is 0 Å². The maximum atomic E-state index is 7.61. The van der Waals surface area contributed by atoms with Crippen LogP contribution in [-0.2, 0) is 4.74 Å². The van der Waals surface area contributed by atoms with E-state index in [2.05, 4.69) is 17.9 Å². The summed E-state index contributed by atoms with van der Waals surface area (Å²) < 4.78 is 4.36. The molecule has 4 heteroatoms. The Bertz CT molecular complexity index is 63.8. The second-order valence-corrected chi connectivity index (χ2v) is 1.10. The SMILES string of the molecule is C=COC=C.CB(O)O. The molecule has 0 aliphatic rings. The van der Waals surface area contributed by atoms with Crippen molar-refractivity contribution in [3.8, 4) is 0 Å². The van der Waals surface area contributed by atoms with Crippen molar-refractivity contribution < 1.29 is 14.8 Å². The van der Waals surface area contributed by atoms with Crippen LogP contribution in [0.5, 0.6) is 0 Å². The molecule has 0 aliphatic carbocycles. The molecule has 0 aromatic rings. The highest BCUT2D eigenvalue weighted by molar-refractivity contribution is 6.38. The molecule has 3 nitrogen and oxygen atoms in total. The molecule has 0 spiro atoms. The minimum absolute atomic E-state index is 1.17. The minimum Gasteiger partial charge on any atom is -0.474 e. The van der Waals surface area contributed by atoms with E-state index < -0.39 is 7.12 Å². The Morgan fingerprint density at radius 1 is 1.33 bits per heavy atom. The van der Waals surface area contributed by atoms with Crippen molar-refractivity contribution in [1.82, 2.24) is 0 Å². The van der Waals surface area contributed by atoms with Gasteiger partial charge >= 0.3 is 7.12 Å². The summed E-state index contributed by atoms with van der Waals surface area (Å²) in [4.78, 5) is 0. The maximum absolute atomic E-state index is 7.61. The Kier molecular flexibility index (Phi) is 12.7. The summed E-state index contributed by atoms with van der Waals surface area (Å²) in [6.07, 6.45) is 2.62. The van der Waals surface area contributed by atoms with Gasteiger partial charge in [0.15, 0.2) is 0 Å². The van der Waals surface area contributed by atoms with Crippen LogP contribution in [-0.4, -0.2) is 17.2 Å². The summed E-state index contributed by atoms with van der Waals surface area (Å²) in [7, 11) is -1.17. The lowest BCUT2D eigenvalue weighted by molar-refractivity contribution is 0.406. The van der Waals surface area contributed by atoms with Gasteiger partial charge in [0.1, 0.15) is 0 Å². The van der Waals surface area contributed by atoms with Crippen LogP contribution in [0.1, 0.15) is 0 Å².